The largest absolute Gasteiger partial charge is 0.497 e. The monoisotopic (exact) mass is 292 g/mol. The Kier molecular flexibility index (Phi) is 2.96. The van der Waals surface area contributed by atoms with Gasteiger partial charge in [-0.25, -0.2) is 0 Å². The number of hydrogen-bond donors (Lipinski definition) is 0. The Labute approximate surface area is 129 Å². The van der Waals surface area contributed by atoms with Gasteiger partial charge in [-0.05, 0) is 23.3 Å². The van der Waals surface area contributed by atoms with Gasteiger partial charge in [-0.3, -0.25) is 14.7 Å². The number of benzene rings is 2. The van der Waals surface area contributed by atoms with Gasteiger partial charge in [0.2, 0.25) is 5.91 Å². The molecule has 0 N–H and O–H groups in total. The molecule has 1 unspecified atom stereocenters. The average Bonchev–Trinajstić information content (AvgIpc) is 2.94. The van der Waals surface area contributed by atoms with Crippen molar-refractivity contribution < 1.29 is 9.53 Å². The van der Waals surface area contributed by atoms with Crippen LogP contribution in [-0.4, -0.2) is 23.8 Å². The number of rotatable bonds is 2. The molecule has 0 spiro atoms. The van der Waals surface area contributed by atoms with Crippen molar-refractivity contribution in [1.82, 2.24) is 4.90 Å². The van der Waals surface area contributed by atoms with Crippen molar-refractivity contribution in [2.75, 3.05) is 7.11 Å². The first-order chi connectivity index (χ1) is 10.8. The predicted octanol–water partition coefficient (Wildman–Crippen LogP) is 2.93. The zero-order valence-corrected chi connectivity index (χ0v) is 12.3. The lowest BCUT2D eigenvalue weighted by atomic mass is 10.0. The van der Waals surface area contributed by atoms with E-state index >= 15 is 0 Å². The number of nitrogens with zero attached hydrogens (tertiary/aromatic N) is 2. The molecule has 4 heteroatoms. The highest BCUT2D eigenvalue weighted by Crippen LogP contribution is 2.34. The van der Waals surface area contributed by atoms with Crippen molar-refractivity contribution in [3.05, 3.63) is 65.2 Å². The van der Waals surface area contributed by atoms with Crippen LogP contribution in [0, 0.1) is 0 Å². The molecule has 0 aromatic heterocycles. The maximum atomic E-state index is 12.5. The topological polar surface area (TPSA) is 41.9 Å². The zero-order valence-electron chi connectivity index (χ0n) is 12.3. The minimum atomic E-state index is -0.115. The molecular formula is C18H16N2O2. The smallest absolute Gasteiger partial charge is 0.230 e. The molecule has 2 aromatic rings. The lowest BCUT2D eigenvalue weighted by Gasteiger charge is -2.26. The van der Waals surface area contributed by atoms with Crippen LogP contribution in [0.3, 0.4) is 0 Å². The van der Waals surface area contributed by atoms with Crippen LogP contribution in [0.25, 0.3) is 0 Å². The van der Waals surface area contributed by atoms with Gasteiger partial charge in [0.05, 0.1) is 26.1 Å². The molecule has 0 bridgehead atoms. The van der Waals surface area contributed by atoms with E-state index in [9.17, 15) is 4.79 Å². The van der Waals surface area contributed by atoms with E-state index in [1.807, 2.05) is 42.5 Å². The zero-order chi connectivity index (χ0) is 15.1. The van der Waals surface area contributed by atoms with E-state index in [4.69, 9.17) is 9.73 Å². The summed E-state index contributed by atoms with van der Waals surface area (Å²) in [6.07, 6.45) is 0.420. The Balaban J connectivity index is 1.74. The first kappa shape index (κ1) is 13.1. The lowest BCUT2D eigenvalue weighted by molar-refractivity contribution is -0.128. The fourth-order valence-electron chi connectivity index (χ4n) is 3.10. The number of hydrogen-bond acceptors (Lipinski definition) is 3. The summed E-state index contributed by atoms with van der Waals surface area (Å²) in [5.41, 5.74) is 3.30. The van der Waals surface area contributed by atoms with E-state index in [0.29, 0.717) is 13.0 Å². The van der Waals surface area contributed by atoms with Gasteiger partial charge in [0.25, 0.3) is 0 Å². The average molecular weight is 292 g/mol. The third-order valence-electron chi connectivity index (χ3n) is 4.29. The van der Waals surface area contributed by atoms with Crippen molar-refractivity contribution in [2.45, 2.75) is 19.0 Å². The number of carbonyl (C=O) groups is 1. The van der Waals surface area contributed by atoms with Crippen molar-refractivity contribution in [3.63, 3.8) is 0 Å². The number of fused-ring (bicyclic) bond motifs is 3. The van der Waals surface area contributed by atoms with Crippen LogP contribution in [0.5, 0.6) is 5.75 Å². The molecule has 0 aliphatic carbocycles. The summed E-state index contributed by atoms with van der Waals surface area (Å²) in [4.78, 5) is 19.1. The molecule has 1 amide bonds. The van der Waals surface area contributed by atoms with Crippen LogP contribution in [0.15, 0.2) is 53.5 Å². The maximum absolute atomic E-state index is 12.5. The number of amides is 1. The lowest BCUT2D eigenvalue weighted by Crippen LogP contribution is -2.36. The summed E-state index contributed by atoms with van der Waals surface area (Å²) in [5.74, 6) is 1.76. The number of aliphatic imine (C=N–C) groups is 1. The summed E-state index contributed by atoms with van der Waals surface area (Å²) in [5, 5.41) is 0. The summed E-state index contributed by atoms with van der Waals surface area (Å²) in [6, 6.07) is 15.8. The molecule has 2 aliphatic heterocycles. The van der Waals surface area contributed by atoms with Crippen LogP contribution < -0.4 is 4.74 Å². The summed E-state index contributed by atoms with van der Waals surface area (Å²) in [7, 11) is 1.65. The molecule has 4 rings (SSSR count). The van der Waals surface area contributed by atoms with Crippen molar-refractivity contribution in [1.29, 1.82) is 0 Å². The fourth-order valence-corrected chi connectivity index (χ4v) is 3.10. The van der Waals surface area contributed by atoms with Crippen LogP contribution >= 0.6 is 0 Å². The van der Waals surface area contributed by atoms with Gasteiger partial charge in [0, 0.05) is 5.56 Å². The van der Waals surface area contributed by atoms with Crippen LogP contribution in [-0.2, 0) is 11.3 Å². The standard InChI is InChI=1S/C18H16N2O2/c1-22-14-8-6-12(7-9-14)16-10-17(21)20-11-13-4-2-3-5-15(13)18(20)19-16/h2-9,16H,10-11H2,1H3. The minimum absolute atomic E-state index is 0.115. The first-order valence-corrected chi connectivity index (χ1v) is 7.36. The molecule has 22 heavy (non-hydrogen) atoms. The number of ether oxygens (including phenoxy) is 1. The SMILES string of the molecule is COc1ccc(C2CC(=O)N3Cc4ccccc4C3=N2)cc1. The van der Waals surface area contributed by atoms with Gasteiger partial charge in [-0.2, -0.15) is 0 Å². The summed E-state index contributed by atoms with van der Waals surface area (Å²) in [6.45, 7) is 0.642. The fraction of sp³-hybridized carbons (Fsp3) is 0.222. The molecule has 2 aliphatic rings. The highest BCUT2D eigenvalue weighted by Gasteiger charge is 2.35. The van der Waals surface area contributed by atoms with Crippen LogP contribution in [0.2, 0.25) is 0 Å². The van der Waals surface area contributed by atoms with E-state index in [2.05, 4.69) is 6.07 Å². The Morgan fingerprint density at radius 3 is 2.68 bits per heavy atom. The van der Waals surface area contributed by atoms with Gasteiger partial charge in [0.15, 0.2) is 0 Å². The Hall–Kier alpha value is -2.62. The number of carbonyl (C=O) groups excluding carboxylic acids is 1. The van der Waals surface area contributed by atoms with Gasteiger partial charge in [0.1, 0.15) is 11.6 Å². The number of amidine groups is 1. The van der Waals surface area contributed by atoms with E-state index < -0.39 is 0 Å². The van der Waals surface area contributed by atoms with Crippen LogP contribution in [0.4, 0.5) is 0 Å². The van der Waals surface area contributed by atoms with E-state index in [1.165, 1.54) is 5.56 Å². The molecule has 0 fully saturated rings. The second-order valence-corrected chi connectivity index (χ2v) is 5.58. The van der Waals surface area contributed by atoms with E-state index in [1.54, 1.807) is 12.0 Å². The van der Waals surface area contributed by atoms with Gasteiger partial charge >= 0.3 is 0 Å². The van der Waals surface area contributed by atoms with Crippen molar-refractivity contribution in [3.8, 4) is 5.75 Å². The highest BCUT2D eigenvalue weighted by molar-refractivity contribution is 6.12. The van der Waals surface area contributed by atoms with Gasteiger partial charge in [-0.1, -0.05) is 36.4 Å². The Bertz CT molecular complexity index is 765. The van der Waals surface area contributed by atoms with Gasteiger partial charge in [-0.15, -0.1) is 0 Å². The predicted molar refractivity (Wildman–Crippen MR) is 83.9 cm³/mol. The second kappa shape index (κ2) is 4.98. The molecule has 2 heterocycles. The third-order valence-corrected chi connectivity index (χ3v) is 4.29. The Morgan fingerprint density at radius 2 is 1.91 bits per heavy atom. The molecule has 0 saturated carbocycles. The molecule has 110 valence electrons. The molecular weight excluding hydrogens is 276 g/mol. The second-order valence-electron chi connectivity index (χ2n) is 5.58. The maximum Gasteiger partial charge on any atom is 0.230 e. The quantitative estimate of drug-likeness (QED) is 0.854. The Morgan fingerprint density at radius 1 is 1.14 bits per heavy atom. The van der Waals surface area contributed by atoms with Crippen LogP contribution in [0.1, 0.15) is 29.2 Å². The molecule has 4 nitrogen and oxygen atoms in total. The molecule has 1 atom stereocenters. The highest BCUT2D eigenvalue weighted by atomic mass is 16.5. The van der Waals surface area contributed by atoms with Gasteiger partial charge < -0.3 is 4.74 Å². The normalized spacial score (nSPS) is 19.5. The molecule has 2 aromatic carbocycles. The first-order valence-electron chi connectivity index (χ1n) is 7.36. The number of methoxy groups -OCH3 is 1. The summed E-state index contributed by atoms with van der Waals surface area (Å²) >= 11 is 0. The van der Waals surface area contributed by atoms with Crippen molar-refractivity contribution in [2.24, 2.45) is 4.99 Å². The molecule has 0 radical (unpaired) electrons. The summed E-state index contributed by atoms with van der Waals surface area (Å²) < 4.78 is 5.18. The van der Waals surface area contributed by atoms with Crippen molar-refractivity contribution >= 4 is 11.7 Å². The molecule has 0 saturated heterocycles. The van der Waals surface area contributed by atoms with E-state index in [-0.39, 0.29) is 11.9 Å². The van der Waals surface area contributed by atoms with E-state index in [0.717, 1.165) is 22.7 Å². The third kappa shape index (κ3) is 1.99. The minimum Gasteiger partial charge on any atom is -0.497 e.